The molecule has 0 aromatic heterocycles. The average molecular weight is 101 g/mol. The second kappa shape index (κ2) is 5.71. The molecular formula is C2H6LiO2S-. The summed E-state index contributed by atoms with van der Waals surface area (Å²) in [4.78, 5) is 0. The summed E-state index contributed by atoms with van der Waals surface area (Å²) in [6.45, 7) is 1.59. The molecule has 0 aliphatic heterocycles. The molecule has 0 aromatic rings. The Balaban J connectivity index is -0.0000000800. The van der Waals surface area contributed by atoms with Gasteiger partial charge >= 0.3 is 18.9 Å². The van der Waals surface area contributed by atoms with Gasteiger partial charge in [0.05, 0.1) is 0 Å². The van der Waals surface area contributed by atoms with E-state index < -0.39 is 11.1 Å². The predicted molar refractivity (Wildman–Crippen MR) is 20.6 cm³/mol. The third-order valence-electron chi connectivity index (χ3n) is 0.236. The van der Waals surface area contributed by atoms with Crippen LogP contribution in [0.4, 0.5) is 0 Å². The normalized spacial score (nSPS) is 12.3. The molecule has 0 spiro atoms. The molecule has 0 radical (unpaired) electrons. The van der Waals surface area contributed by atoms with Crippen LogP contribution in [-0.2, 0) is 11.1 Å². The van der Waals surface area contributed by atoms with Crippen LogP contribution in [0.3, 0.4) is 0 Å². The van der Waals surface area contributed by atoms with Crippen LogP contribution >= 0.6 is 0 Å². The number of hydrogen-bond acceptors (Lipinski definition) is 2. The maximum Gasteiger partial charge on any atom is 1.00 e. The Bertz CT molecular complexity index is 51.0. The Morgan fingerprint density at radius 1 is 2.00 bits per heavy atom. The first-order valence-corrected chi connectivity index (χ1v) is 2.57. The van der Waals surface area contributed by atoms with Gasteiger partial charge < -0.3 is 5.98 Å². The molecular weight excluding hydrogens is 95.0 g/mol. The SMILES string of the molecule is CCS(=O)[O-].[H-].[Li+]. The fraction of sp³-hybridized carbons (Fsp3) is 1.00. The van der Waals surface area contributed by atoms with Gasteiger partial charge in [0.2, 0.25) is 0 Å². The Morgan fingerprint density at radius 2 is 2.17 bits per heavy atom. The topological polar surface area (TPSA) is 40.1 Å². The second-order valence-corrected chi connectivity index (χ2v) is 1.78. The van der Waals surface area contributed by atoms with Gasteiger partial charge in [-0.25, -0.2) is 0 Å². The van der Waals surface area contributed by atoms with E-state index in [1.54, 1.807) is 6.92 Å². The standard InChI is InChI=1S/C2H6O2S.Li.H/c1-2-5(3)4;;/h2H2,1H3,(H,3,4);;/q;+1;-1/p-1. The molecule has 0 amide bonds. The molecule has 1 unspecified atom stereocenters. The van der Waals surface area contributed by atoms with E-state index in [9.17, 15) is 8.76 Å². The first-order valence-electron chi connectivity index (χ1n) is 1.33. The van der Waals surface area contributed by atoms with Crippen LogP contribution < -0.4 is 18.9 Å². The van der Waals surface area contributed by atoms with Crippen molar-refractivity contribution in [2.45, 2.75) is 6.92 Å². The van der Waals surface area contributed by atoms with Crippen LogP contribution in [0, 0.1) is 0 Å². The van der Waals surface area contributed by atoms with Crippen LogP contribution in [0.5, 0.6) is 0 Å². The largest absolute Gasteiger partial charge is 1.00 e. The van der Waals surface area contributed by atoms with E-state index in [1.165, 1.54) is 0 Å². The summed E-state index contributed by atoms with van der Waals surface area (Å²) in [5.41, 5.74) is 0. The van der Waals surface area contributed by atoms with Crippen LogP contribution in [0.1, 0.15) is 8.35 Å². The van der Waals surface area contributed by atoms with Gasteiger partial charge in [0.15, 0.2) is 0 Å². The van der Waals surface area contributed by atoms with Crippen molar-refractivity contribution in [2.24, 2.45) is 0 Å². The first-order chi connectivity index (χ1) is 2.27. The van der Waals surface area contributed by atoms with E-state index in [1.807, 2.05) is 0 Å². The molecule has 0 N–H and O–H groups in total. The number of rotatable bonds is 1. The van der Waals surface area contributed by atoms with Crippen LogP contribution in [0.25, 0.3) is 0 Å². The molecule has 0 aromatic carbocycles. The second-order valence-electron chi connectivity index (χ2n) is 0.592. The summed E-state index contributed by atoms with van der Waals surface area (Å²) < 4.78 is 18.7. The fourth-order valence-corrected chi connectivity index (χ4v) is 0. The van der Waals surface area contributed by atoms with E-state index in [0.29, 0.717) is 0 Å². The quantitative estimate of drug-likeness (QED) is 0.261. The van der Waals surface area contributed by atoms with Gasteiger partial charge in [0.25, 0.3) is 0 Å². The molecule has 0 aliphatic rings. The van der Waals surface area contributed by atoms with Gasteiger partial charge in [0.1, 0.15) is 0 Å². The van der Waals surface area contributed by atoms with Crippen LogP contribution in [-0.4, -0.2) is 14.5 Å². The van der Waals surface area contributed by atoms with E-state index in [0.717, 1.165) is 0 Å². The maximum absolute atomic E-state index is 9.37. The smallest absolute Gasteiger partial charge is 1.00 e. The van der Waals surface area contributed by atoms with Crippen LogP contribution in [0.2, 0.25) is 0 Å². The van der Waals surface area contributed by atoms with Crippen molar-refractivity contribution < 1.29 is 29.0 Å². The molecule has 1 atom stereocenters. The molecule has 0 heterocycles. The molecule has 0 bridgehead atoms. The maximum atomic E-state index is 9.37. The summed E-state index contributed by atoms with van der Waals surface area (Å²) in [6, 6.07) is 0. The minimum Gasteiger partial charge on any atom is -1.00 e. The molecule has 0 fully saturated rings. The summed E-state index contributed by atoms with van der Waals surface area (Å²) in [5, 5.41) is 0. The van der Waals surface area contributed by atoms with Gasteiger partial charge in [-0.2, -0.15) is 0 Å². The van der Waals surface area contributed by atoms with E-state index >= 15 is 0 Å². The molecule has 6 heavy (non-hydrogen) atoms. The Labute approximate surface area is 53.3 Å². The zero-order valence-electron chi connectivity index (χ0n) is 4.93. The van der Waals surface area contributed by atoms with Gasteiger partial charge in [-0.3, -0.25) is 4.21 Å². The van der Waals surface area contributed by atoms with Crippen LogP contribution in [0.15, 0.2) is 0 Å². The third-order valence-corrected chi connectivity index (χ3v) is 0.707. The van der Waals surface area contributed by atoms with Gasteiger partial charge in [-0.1, -0.05) is 18.0 Å². The summed E-state index contributed by atoms with van der Waals surface area (Å²) in [5.74, 6) is 0.222. The van der Waals surface area contributed by atoms with Crippen molar-refractivity contribution in [2.75, 3.05) is 5.75 Å². The number of hydrogen-bond donors (Lipinski definition) is 0. The Kier molecular flexibility index (Phi) is 9.38. The average Bonchev–Trinajstić information content (AvgIpc) is 1.38. The third kappa shape index (κ3) is 8.83. The van der Waals surface area contributed by atoms with E-state index in [4.69, 9.17) is 0 Å². The van der Waals surface area contributed by atoms with Crippen molar-refractivity contribution in [3.8, 4) is 0 Å². The Hall–Kier alpha value is 0.707. The predicted octanol–water partition coefficient (Wildman–Crippen LogP) is -3.00. The zero-order valence-corrected chi connectivity index (χ0v) is 4.75. The van der Waals surface area contributed by atoms with Gasteiger partial charge in [0, 0.05) is 5.75 Å². The zero-order chi connectivity index (χ0) is 4.28. The van der Waals surface area contributed by atoms with Crippen molar-refractivity contribution in [3.05, 3.63) is 0 Å². The minimum atomic E-state index is -1.82. The van der Waals surface area contributed by atoms with Crippen molar-refractivity contribution in [3.63, 3.8) is 0 Å². The minimum absolute atomic E-state index is 0. The van der Waals surface area contributed by atoms with Crippen molar-refractivity contribution in [1.29, 1.82) is 0 Å². The van der Waals surface area contributed by atoms with Gasteiger partial charge in [-0.05, 0) is 0 Å². The molecule has 2 nitrogen and oxygen atoms in total. The molecule has 0 rings (SSSR count). The summed E-state index contributed by atoms with van der Waals surface area (Å²) in [6.07, 6.45) is 0. The van der Waals surface area contributed by atoms with E-state index in [-0.39, 0.29) is 26.0 Å². The molecule has 34 valence electrons. The fourth-order valence-electron chi connectivity index (χ4n) is 0. The van der Waals surface area contributed by atoms with E-state index in [2.05, 4.69) is 0 Å². The van der Waals surface area contributed by atoms with Crippen molar-refractivity contribution in [1.82, 2.24) is 0 Å². The Morgan fingerprint density at radius 3 is 2.17 bits per heavy atom. The van der Waals surface area contributed by atoms with Crippen molar-refractivity contribution >= 4 is 11.1 Å². The molecule has 0 saturated carbocycles. The first kappa shape index (κ1) is 9.86. The molecule has 4 heteroatoms. The molecule has 0 aliphatic carbocycles. The monoisotopic (exact) mass is 101 g/mol. The molecule has 0 saturated heterocycles. The summed E-state index contributed by atoms with van der Waals surface area (Å²) in [7, 11) is 0. The van der Waals surface area contributed by atoms with Gasteiger partial charge in [-0.15, -0.1) is 0 Å². The summed E-state index contributed by atoms with van der Waals surface area (Å²) >= 11 is -1.82.